The number of unbranched alkanes of at least 4 members (excludes halogenated alkanes) is 7. The molecule has 1 aromatic carbocycles. The van der Waals surface area contributed by atoms with E-state index in [4.69, 9.17) is 16.8 Å². The van der Waals surface area contributed by atoms with Gasteiger partial charge < -0.3 is 0 Å². The molecule has 2 N–H and O–H groups in total. The van der Waals surface area contributed by atoms with Crippen molar-refractivity contribution < 1.29 is 10.0 Å². The van der Waals surface area contributed by atoms with Crippen LogP contribution < -0.4 is 5.48 Å². The number of carbonyl (C=O) groups is 1. The van der Waals surface area contributed by atoms with Crippen molar-refractivity contribution in [2.45, 2.75) is 64.8 Å². The monoisotopic (exact) mass is 377 g/mol. The fourth-order valence-corrected chi connectivity index (χ4v) is 3.13. The molecule has 0 unspecified atom stereocenters. The van der Waals surface area contributed by atoms with Crippen molar-refractivity contribution in [2.24, 2.45) is 0 Å². The Morgan fingerprint density at radius 2 is 1.69 bits per heavy atom. The highest BCUT2D eigenvalue weighted by Crippen LogP contribution is 2.23. The highest BCUT2D eigenvalue weighted by atomic mass is 35.5. The van der Waals surface area contributed by atoms with E-state index < -0.39 is 5.91 Å². The van der Waals surface area contributed by atoms with Crippen LogP contribution >= 0.6 is 11.6 Å². The topological polar surface area (TPSA) is 67.2 Å². The molecule has 1 heterocycles. The van der Waals surface area contributed by atoms with Crippen molar-refractivity contribution in [1.29, 1.82) is 0 Å². The quantitative estimate of drug-likeness (QED) is 0.310. The fourth-order valence-electron chi connectivity index (χ4n) is 3.00. The summed E-state index contributed by atoms with van der Waals surface area (Å²) in [4.78, 5) is 11.7. The van der Waals surface area contributed by atoms with Gasteiger partial charge in [0.05, 0.1) is 5.69 Å². The minimum Gasteiger partial charge on any atom is -0.288 e. The van der Waals surface area contributed by atoms with Gasteiger partial charge in [-0.15, -0.1) is 0 Å². The Labute approximate surface area is 160 Å². The Bertz CT molecular complexity index is 683. The standard InChI is InChI=1S/C20H28ClN3O2/c1-2-3-4-5-6-7-8-9-14-24-19(15-18(22-24)20(25)23-26)16-10-12-17(21)13-11-16/h10-13,15,26H,2-9,14H2,1H3,(H,23,25). The number of amides is 1. The lowest BCUT2D eigenvalue weighted by molar-refractivity contribution is 0.0700. The minimum absolute atomic E-state index is 0.206. The van der Waals surface area contributed by atoms with E-state index in [-0.39, 0.29) is 5.69 Å². The van der Waals surface area contributed by atoms with Crippen molar-refractivity contribution in [3.63, 3.8) is 0 Å². The maximum absolute atomic E-state index is 11.7. The molecule has 0 radical (unpaired) electrons. The zero-order valence-electron chi connectivity index (χ0n) is 15.4. The number of halogens is 1. The molecule has 5 nitrogen and oxygen atoms in total. The van der Waals surface area contributed by atoms with Crippen LogP contribution in [0.1, 0.15) is 68.8 Å². The Hall–Kier alpha value is -1.85. The summed E-state index contributed by atoms with van der Waals surface area (Å²) in [5.74, 6) is -0.602. The first kappa shape index (κ1) is 20.5. The van der Waals surface area contributed by atoms with Gasteiger partial charge in [0.15, 0.2) is 5.69 Å². The number of aryl methyl sites for hydroxylation is 1. The Morgan fingerprint density at radius 1 is 1.08 bits per heavy atom. The van der Waals surface area contributed by atoms with Crippen LogP contribution in [0.25, 0.3) is 11.3 Å². The smallest absolute Gasteiger partial charge is 0.288 e. The molecule has 0 bridgehead atoms. The van der Waals surface area contributed by atoms with Crippen molar-refractivity contribution in [2.75, 3.05) is 0 Å². The van der Waals surface area contributed by atoms with Gasteiger partial charge in [-0.1, -0.05) is 75.6 Å². The van der Waals surface area contributed by atoms with E-state index in [9.17, 15) is 4.79 Å². The number of aromatic nitrogens is 2. The fraction of sp³-hybridized carbons (Fsp3) is 0.500. The molecular weight excluding hydrogens is 350 g/mol. The van der Waals surface area contributed by atoms with Crippen LogP contribution in [0.2, 0.25) is 5.02 Å². The number of hydroxylamine groups is 1. The van der Waals surface area contributed by atoms with E-state index in [2.05, 4.69) is 12.0 Å². The third-order valence-corrected chi connectivity index (χ3v) is 4.73. The first-order valence-corrected chi connectivity index (χ1v) is 9.81. The SMILES string of the molecule is CCCCCCCCCCn1nc(C(=O)NO)cc1-c1ccc(Cl)cc1. The summed E-state index contributed by atoms with van der Waals surface area (Å²) in [5.41, 5.74) is 3.65. The molecule has 2 aromatic rings. The molecule has 0 aliphatic heterocycles. The molecule has 6 heteroatoms. The number of nitrogens with zero attached hydrogens (tertiary/aromatic N) is 2. The van der Waals surface area contributed by atoms with Crippen LogP contribution in [0, 0.1) is 0 Å². The molecule has 0 aliphatic rings. The molecule has 0 saturated carbocycles. The second kappa shape index (κ2) is 11.0. The van der Waals surface area contributed by atoms with E-state index in [0.29, 0.717) is 5.02 Å². The number of hydrogen-bond donors (Lipinski definition) is 2. The second-order valence-corrected chi connectivity index (χ2v) is 7.00. The molecule has 0 fully saturated rings. The summed E-state index contributed by atoms with van der Waals surface area (Å²) in [7, 11) is 0. The molecule has 1 aromatic heterocycles. The first-order chi connectivity index (χ1) is 12.7. The number of rotatable bonds is 11. The van der Waals surface area contributed by atoms with Crippen LogP contribution in [0.4, 0.5) is 0 Å². The first-order valence-electron chi connectivity index (χ1n) is 9.44. The van der Waals surface area contributed by atoms with Gasteiger partial charge in [-0.3, -0.25) is 14.7 Å². The van der Waals surface area contributed by atoms with Gasteiger partial charge in [-0.25, -0.2) is 5.48 Å². The van der Waals surface area contributed by atoms with Gasteiger partial charge >= 0.3 is 0 Å². The predicted octanol–water partition coefficient (Wildman–Crippen LogP) is 5.46. The van der Waals surface area contributed by atoms with E-state index >= 15 is 0 Å². The van der Waals surface area contributed by atoms with Crippen LogP contribution in [-0.4, -0.2) is 20.9 Å². The summed E-state index contributed by atoms with van der Waals surface area (Å²) in [5, 5.41) is 13.9. The maximum Gasteiger partial charge on any atom is 0.295 e. The van der Waals surface area contributed by atoms with Crippen molar-refractivity contribution in [3.05, 3.63) is 41.0 Å². The summed E-state index contributed by atoms with van der Waals surface area (Å²) in [6, 6.07) is 9.14. The highest BCUT2D eigenvalue weighted by molar-refractivity contribution is 6.30. The average molecular weight is 378 g/mol. The Morgan fingerprint density at radius 3 is 2.31 bits per heavy atom. The van der Waals surface area contributed by atoms with Gasteiger partial charge in [-0.05, 0) is 30.2 Å². The summed E-state index contributed by atoms with van der Waals surface area (Å²) in [6.45, 7) is 2.97. The van der Waals surface area contributed by atoms with E-state index in [0.717, 1.165) is 30.6 Å². The van der Waals surface area contributed by atoms with E-state index in [1.165, 1.54) is 38.5 Å². The number of nitrogens with one attached hydrogen (secondary N) is 1. The predicted molar refractivity (Wildman–Crippen MR) is 105 cm³/mol. The van der Waals surface area contributed by atoms with E-state index in [1.807, 2.05) is 28.9 Å². The Kier molecular flexibility index (Phi) is 8.65. The third kappa shape index (κ3) is 6.15. The number of carbonyl (C=O) groups excluding carboxylic acids is 1. The van der Waals surface area contributed by atoms with Crippen LogP contribution in [0.15, 0.2) is 30.3 Å². The molecule has 142 valence electrons. The van der Waals surface area contributed by atoms with Gasteiger partial charge in [0, 0.05) is 11.6 Å². The molecular formula is C20H28ClN3O2. The van der Waals surface area contributed by atoms with Gasteiger partial charge in [-0.2, -0.15) is 5.10 Å². The van der Waals surface area contributed by atoms with E-state index in [1.54, 1.807) is 11.5 Å². The molecule has 0 aliphatic carbocycles. The van der Waals surface area contributed by atoms with Crippen molar-refractivity contribution in [3.8, 4) is 11.3 Å². The highest BCUT2D eigenvalue weighted by Gasteiger charge is 2.15. The van der Waals surface area contributed by atoms with Crippen molar-refractivity contribution >= 4 is 17.5 Å². The maximum atomic E-state index is 11.7. The van der Waals surface area contributed by atoms with Gasteiger partial charge in [0.1, 0.15) is 0 Å². The molecule has 26 heavy (non-hydrogen) atoms. The zero-order valence-corrected chi connectivity index (χ0v) is 16.1. The largest absolute Gasteiger partial charge is 0.295 e. The third-order valence-electron chi connectivity index (χ3n) is 4.48. The number of benzene rings is 1. The Balaban J connectivity index is 1.96. The van der Waals surface area contributed by atoms with Crippen molar-refractivity contribution in [1.82, 2.24) is 15.3 Å². The van der Waals surface area contributed by atoms with Crippen LogP contribution in [-0.2, 0) is 6.54 Å². The molecule has 0 saturated heterocycles. The summed E-state index contributed by atoms with van der Waals surface area (Å²) < 4.78 is 1.84. The molecule has 2 rings (SSSR count). The van der Waals surface area contributed by atoms with Crippen LogP contribution in [0.5, 0.6) is 0 Å². The molecule has 1 amide bonds. The number of hydrogen-bond acceptors (Lipinski definition) is 3. The second-order valence-electron chi connectivity index (χ2n) is 6.56. The van der Waals surface area contributed by atoms with Gasteiger partial charge in [0.25, 0.3) is 5.91 Å². The molecule has 0 spiro atoms. The summed E-state index contributed by atoms with van der Waals surface area (Å²) in [6.07, 6.45) is 9.91. The summed E-state index contributed by atoms with van der Waals surface area (Å²) >= 11 is 5.96. The normalized spacial score (nSPS) is 10.9. The zero-order chi connectivity index (χ0) is 18.8. The average Bonchev–Trinajstić information content (AvgIpc) is 3.08. The minimum atomic E-state index is -0.602. The van der Waals surface area contributed by atoms with Gasteiger partial charge in [0.2, 0.25) is 0 Å². The van der Waals surface area contributed by atoms with Crippen LogP contribution in [0.3, 0.4) is 0 Å². The lowest BCUT2D eigenvalue weighted by Gasteiger charge is -2.08. The molecule has 0 atom stereocenters. The lowest BCUT2D eigenvalue weighted by Crippen LogP contribution is -2.19. The lowest BCUT2D eigenvalue weighted by atomic mass is 10.1.